The number of dihydropyridines is 1. The molecule has 27 heavy (non-hydrogen) atoms. The maximum atomic E-state index is 13.2. The van der Waals surface area contributed by atoms with Crippen LogP contribution in [-0.4, -0.2) is 13.0 Å². The zero-order valence-electron chi connectivity index (χ0n) is 15.5. The molecule has 2 aromatic rings. The highest BCUT2D eigenvalue weighted by atomic mass is 16.5. The maximum absolute atomic E-state index is 13.2. The molecule has 0 spiro atoms. The predicted molar refractivity (Wildman–Crippen MR) is 105 cm³/mol. The number of nitrogens with one attached hydrogen (secondary N) is 2. The van der Waals surface area contributed by atoms with E-state index in [-0.39, 0.29) is 5.91 Å². The molecule has 1 unspecified atom stereocenters. The number of methoxy groups -OCH3 is 1. The molecule has 1 aliphatic rings. The lowest BCUT2D eigenvalue weighted by Gasteiger charge is -2.29. The number of nitrogens with zero attached hydrogens (tertiary/aromatic N) is 1. The van der Waals surface area contributed by atoms with Gasteiger partial charge in [0.25, 0.3) is 5.91 Å². The molecule has 0 saturated heterocycles. The first-order valence-electron chi connectivity index (χ1n) is 8.64. The number of carbonyl (C=O) groups is 1. The molecule has 136 valence electrons. The number of carbonyl (C=O) groups excluding carboxylic acids is 1. The Kier molecular flexibility index (Phi) is 5.28. The molecule has 5 heteroatoms. The van der Waals surface area contributed by atoms with Crippen molar-refractivity contribution in [3.05, 3.63) is 82.7 Å². The molecule has 2 N–H and O–H groups in total. The van der Waals surface area contributed by atoms with E-state index in [4.69, 9.17) is 4.74 Å². The molecule has 0 aromatic heterocycles. The number of ether oxygens (including phenoxy) is 1. The Morgan fingerprint density at radius 2 is 1.74 bits per heavy atom. The fraction of sp³-hybridized carbons (Fsp3) is 0.182. The summed E-state index contributed by atoms with van der Waals surface area (Å²) in [6.45, 7) is 3.71. The smallest absolute Gasteiger partial charge is 0.254 e. The topological polar surface area (TPSA) is 74.2 Å². The monoisotopic (exact) mass is 359 g/mol. The van der Waals surface area contributed by atoms with E-state index in [9.17, 15) is 10.1 Å². The Balaban J connectivity index is 2.04. The van der Waals surface area contributed by atoms with Gasteiger partial charge in [0.2, 0.25) is 0 Å². The van der Waals surface area contributed by atoms with E-state index in [0.29, 0.717) is 22.6 Å². The first-order chi connectivity index (χ1) is 13.1. The molecule has 1 heterocycles. The summed E-state index contributed by atoms with van der Waals surface area (Å²) >= 11 is 0. The van der Waals surface area contributed by atoms with Crippen molar-refractivity contribution in [1.29, 1.82) is 5.26 Å². The molecule has 0 radical (unpaired) electrons. The standard InChI is InChI=1S/C22H21N3O2/c1-14-17(13-23)21(16-9-5-4-6-10-16)20(15(2)24-14)22(26)25-18-11-7-8-12-19(18)27-3/h4-12,21,24H,1-3H3,(H,25,26). The molecule has 5 nitrogen and oxygen atoms in total. The van der Waals surface area contributed by atoms with E-state index in [1.807, 2.05) is 56.3 Å². The molecule has 1 amide bonds. The first kappa shape index (κ1) is 18.3. The third kappa shape index (κ3) is 3.56. The zero-order valence-corrected chi connectivity index (χ0v) is 15.5. The normalized spacial score (nSPS) is 16.4. The summed E-state index contributed by atoms with van der Waals surface area (Å²) in [6.07, 6.45) is 0. The van der Waals surface area contributed by atoms with Gasteiger partial charge in [-0.05, 0) is 31.5 Å². The number of benzene rings is 2. The molecule has 3 rings (SSSR count). The van der Waals surface area contributed by atoms with E-state index in [1.54, 1.807) is 19.2 Å². The quantitative estimate of drug-likeness (QED) is 0.862. The van der Waals surface area contributed by atoms with Gasteiger partial charge in [-0.15, -0.1) is 0 Å². The van der Waals surface area contributed by atoms with Crippen LogP contribution in [0.1, 0.15) is 25.3 Å². The van der Waals surface area contributed by atoms with Crippen molar-refractivity contribution in [1.82, 2.24) is 5.32 Å². The van der Waals surface area contributed by atoms with Crippen LogP contribution in [0.15, 0.2) is 77.1 Å². The summed E-state index contributed by atoms with van der Waals surface area (Å²) in [5.74, 6) is -0.109. The summed E-state index contributed by atoms with van der Waals surface area (Å²) in [5.41, 5.74) is 4.04. The van der Waals surface area contributed by atoms with Crippen molar-refractivity contribution in [3.8, 4) is 11.8 Å². The van der Waals surface area contributed by atoms with Crippen molar-refractivity contribution in [3.63, 3.8) is 0 Å². The molecule has 0 saturated carbocycles. The van der Waals surface area contributed by atoms with E-state index in [0.717, 1.165) is 17.0 Å². The Bertz CT molecular complexity index is 969. The highest BCUT2D eigenvalue weighted by Crippen LogP contribution is 2.38. The average molecular weight is 359 g/mol. The van der Waals surface area contributed by atoms with Gasteiger partial charge >= 0.3 is 0 Å². The van der Waals surface area contributed by atoms with E-state index in [1.165, 1.54) is 0 Å². The Labute approximate surface area is 159 Å². The fourth-order valence-electron chi connectivity index (χ4n) is 3.36. The third-order valence-electron chi connectivity index (χ3n) is 4.61. The van der Waals surface area contributed by atoms with Crippen LogP contribution in [0.5, 0.6) is 5.75 Å². The van der Waals surface area contributed by atoms with Gasteiger partial charge in [-0.2, -0.15) is 5.26 Å². The molecule has 0 bridgehead atoms. The van der Waals surface area contributed by atoms with Crippen LogP contribution in [-0.2, 0) is 4.79 Å². The number of allylic oxidation sites excluding steroid dienone is 3. The van der Waals surface area contributed by atoms with Crippen LogP contribution in [0.25, 0.3) is 0 Å². The SMILES string of the molecule is COc1ccccc1NC(=O)C1=C(C)NC(C)=C(C#N)C1c1ccccc1. The van der Waals surface area contributed by atoms with Crippen molar-refractivity contribution < 1.29 is 9.53 Å². The van der Waals surface area contributed by atoms with E-state index >= 15 is 0 Å². The summed E-state index contributed by atoms with van der Waals surface area (Å²) in [5, 5.41) is 15.8. The molecule has 2 aromatic carbocycles. The van der Waals surface area contributed by atoms with Gasteiger partial charge in [-0.3, -0.25) is 4.79 Å². The van der Waals surface area contributed by atoms with Gasteiger partial charge in [0.1, 0.15) is 5.75 Å². The molecular formula is C22H21N3O2. The van der Waals surface area contributed by atoms with Crippen LogP contribution < -0.4 is 15.4 Å². The highest BCUT2D eigenvalue weighted by molar-refractivity contribution is 6.07. The zero-order chi connectivity index (χ0) is 19.4. The summed E-state index contributed by atoms with van der Waals surface area (Å²) in [7, 11) is 1.56. The average Bonchev–Trinajstić information content (AvgIpc) is 2.68. The van der Waals surface area contributed by atoms with Crippen LogP contribution in [0.2, 0.25) is 0 Å². The summed E-state index contributed by atoms with van der Waals surface area (Å²) in [4.78, 5) is 13.2. The number of nitriles is 1. The Morgan fingerprint density at radius 1 is 1.07 bits per heavy atom. The number of hydrogen-bond acceptors (Lipinski definition) is 4. The van der Waals surface area contributed by atoms with Gasteiger partial charge in [0.05, 0.1) is 30.4 Å². The largest absolute Gasteiger partial charge is 0.495 e. The number of anilines is 1. The number of hydrogen-bond donors (Lipinski definition) is 2. The van der Waals surface area contributed by atoms with E-state index < -0.39 is 5.92 Å². The van der Waals surface area contributed by atoms with Gasteiger partial charge < -0.3 is 15.4 Å². The summed E-state index contributed by atoms with van der Waals surface area (Å²) < 4.78 is 5.32. The third-order valence-corrected chi connectivity index (χ3v) is 4.61. The van der Waals surface area contributed by atoms with Crippen LogP contribution in [0.4, 0.5) is 5.69 Å². The van der Waals surface area contributed by atoms with Gasteiger partial charge in [0.15, 0.2) is 0 Å². The maximum Gasteiger partial charge on any atom is 0.254 e. The second-order valence-corrected chi connectivity index (χ2v) is 6.31. The number of amides is 1. The van der Waals surface area contributed by atoms with Gasteiger partial charge in [0, 0.05) is 17.0 Å². The lowest BCUT2D eigenvalue weighted by Crippen LogP contribution is -2.30. The fourth-order valence-corrected chi connectivity index (χ4v) is 3.36. The lowest BCUT2D eigenvalue weighted by molar-refractivity contribution is -0.113. The van der Waals surface area contributed by atoms with Crippen molar-refractivity contribution in [2.75, 3.05) is 12.4 Å². The second-order valence-electron chi connectivity index (χ2n) is 6.31. The van der Waals surface area contributed by atoms with Crippen LogP contribution in [0.3, 0.4) is 0 Å². The van der Waals surface area contributed by atoms with Crippen molar-refractivity contribution >= 4 is 11.6 Å². The molecule has 1 atom stereocenters. The molecule has 1 aliphatic heterocycles. The van der Waals surface area contributed by atoms with Crippen LogP contribution in [0, 0.1) is 11.3 Å². The highest BCUT2D eigenvalue weighted by Gasteiger charge is 2.33. The van der Waals surface area contributed by atoms with Gasteiger partial charge in [-0.1, -0.05) is 42.5 Å². The Morgan fingerprint density at radius 3 is 2.41 bits per heavy atom. The Hall–Kier alpha value is -3.52. The van der Waals surface area contributed by atoms with Crippen molar-refractivity contribution in [2.24, 2.45) is 0 Å². The number of para-hydroxylation sites is 2. The number of rotatable bonds is 4. The van der Waals surface area contributed by atoms with Crippen LogP contribution >= 0.6 is 0 Å². The minimum absolute atomic E-state index is 0.265. The second kappa shape index (κ2) is 7.79. The van der Waals surface area contributed by atoms with Gasteiger partial charge in [-0.25, -0.2) is 0 Å². The predicted octanol–water partition coefficient (Wildman–Crippen LogP) is 4.09. The molecular weight excluding hydrogens is 338 g/mol. The summed E-state index contributed by atoms with van der Waals surface area (Å²) in [6, 6.07) is 19.1. The molecule has 0 aliphatic carbocycles. The minimum Gasteiger partial charge on any atom is -0.495 e. The minimum atomic E-state index is -0.424. The van der Waals surface area contributed by atoms with E-state index in [2.05, 4.69) is 16.7 Å². The lowest BCUT2D eigenvalue weighted by atomic mass is 9.80. The first-order valence-corrected chi connectivity index (χ1v) is 8.64. The molecule has 0 fully saturated rings. The van der Waals surface area contributed by atoms with Crippen molar-refractivity contribution in [2.45, 2.75) is 19.8 Å².